The van der Waals surface area contributed by atoms with E-state index in [2.05, 4.69) is 0 Å². The molecule has 4 heteroatoms. The molecule has 0 spiro atoms. The molecule has 1 heterocycles. The topological polar surface area (TPSA) is 40.5 Å². The zero-order valence-electron chi connectivity index (χ0n) is 11.7. The monoisotopic (exact) mass is 293 g/mol. The van der Waals surface area contributed by atoms with E-state index < -0.39 is 0 Å². The second kappa shape index (κ2) is 6.91. The molecule has 1 atom stereocenters. The Kier molecular flexibility index (Phi) is 5.21. The van der Waals surface area contributed by atoms with Crippen LogP contribution in [0.4, 0.5) is 0 Å². The van der Waals surface area contributed by atoms with Gasteiger partial charge in [-0.1, -0.05) is 29.8 Å². The summed E-state index contributed by atoms with van der Waals surface area (Å²) in [5.41, 5.74) is 1.53. The van der Waals surface area contributed by atoms with Crippen LogP contribution in [0.1, 0.15) is 25.3 Å². The van der Waals surface area contributed by atoms with E-state index in [0.29, 0.717) is 17.1 Å². The quantitative estimate of drug-likeness (QED) is 0.871. The summed E-state index contributed by atoms with van der Waals surface area (Å²) in [6.07, 6.45) is 3.77. The van der Waals surface area contributed by atoms with Gasteiger partial charge in [0.25, 0.3) is 0 Å². The lowest BCUT2D eigenvalue weighted by atomic mass is 9.98. The average molecular weight is 294 g/mol. The number of nitrogens with zero attached hydrogens (tertiary/aromatic N) is 1. The van der Waals surface area contributed by atoms with Gasteiger partial charge in [-0.3, -0.25) is 4.79 Å². The van der Waals surface area contributed by atoms with Crippen LogP contribution in [0, 0.1) is 5.92 Å². The third-order valence-electron chi connectivity index (χ3n) is 3.68. The summed E-state index contributed by atoms with van der Waals surface area (Å²) in [5, 5.41) is 9.88. The van der Waals surface area contributed by atoms with Crippen LogP contribution in [0.2, 0.25) is 5.02 Å². The zero-order chi connectivity index (χ0) is 14.5. The van der Waals surface area contributed by atoms with Crippen LogP contribution in [0.5, 0.6) is 0 Å². The molecule has 0 aliphatic carbocycles. The standard InChI is InChI=1S/C16H20ClNO2/c1-12(9-14-6-2-3-7-15(14)17)16(20)18-8-4-5-13(10-18)11-19/h2-3,6-7,9,13,19H,4-5,8,10-11H2,1H3/b12-9-. The number of aliphatic hydroxyl groups is 1. The molecule has 1 aromatic carbocycles. The Balaban J connectivity index is 2.10. The minimum Gasteiger partial charge on any atom is -0.396 e. The molecule has 20 heavy (non-hydrogen) atoms. The molecule has 3 nitrogen and oxygen atoms in total. The SMILES string of the molecule is C/C(=C/c1ccccc1Cl)C(=O)N1CCCC(CO)C1. The van der Waals surface area contributed by atoms with Gasteiger partial charge in [0.15, 0.2) is 0 Å². The maximum Gasteiger partial charge on any atom is 0.249 e. The summed E-state index contributed by atoms with van der Waals surface area (Å²) < 4.78 is 0. The van der Waals surface area contributed by atoms with Crippen molar-refractivity contribution in [3.63, 3.8) is 0 Å². The van der Waals surface area contributed by atoms with Crippen molar-refractivity contribution in [2.45, 2.75) is 19.8 Å². The van der Waals surface area contributed by atoms with Crippen molar-refractivity contribution in [3.05, 3.63) is 40.4 Å². The number of hydrogen-bond acceptors (Lipinski definition) is 2. The van der Waals surface area contributed by atoms with Crippen LogP contribution >= 0.6 is 11.6 Å². The molecule has 0 bridgehead atoms. The van der Waals surface area contributed by atoms with E-state index >= 15 is 0 Å². The molecule has 1 amide bonds. The summed E-state index contributed by atoms with van der Waals surface area (Å²) in [6.45, 7) is 3.37. The van der Waals surface area contributed by atoms with Crippen LogP contribution in [0.15, 0.2) is 29.8 Å². The van der Waals surface area contributed by atoms with Gasteiger partial charge in [0.2, 0.25) is 5.91 Å². The Morgan fingerprint density at radius 1 is 1.50 bits per heavy atom. The molecule has 1 fully saturated rings. The molecule has 1 aliphatic rings. The largest absolute Gasteiger partial charge is 0.396 e. The van der Waals surface area contributed by atoms with Gasteiger partial charge >= 0.3 is 0 Å². The Morgan fingerprint density at radius 3 is 2.95 bits per heavy atom. The summed E-state index contributed by atoms with van der Waals surface area (Å²) in [6, 6.07) is 7.48. The number of aliphatic hydroxyl groups excluding tert-OH is 1. The number of amides is 1. The molecule has 1 aliphatic heterocycles. The molecule has 0 aromatic heterocycles. The van der Waals surface area contributed by atoms with E-state index in [9.17, 15) is 9.90 Å². The minimum atomic E-state index is 0.0306. The lowest BCUT2D eigenvalue weighted by Crippen LogP contribution is -2.41. The molecule has 108 valence electrons. The minimum absolute atomic E-state index is 0.0306. The van der Waals surface area contributed by atoms with Crippen molar-refractivity contribution in [1.82, 2.24) is 4.90 Å². The smallest absolute Gasteiger partial charge is 0.249 e. The number of carbonyl (C=O) groups excluding carboxylic acids is 1. The number of carbonyl (C=O) groups is 1. The number of likely N-dealkylation sites (tertiary alicyclic amines) is 1. The summed E-state index contributed by atoms with van der Waals surface area (Å²) in [7, 11) is 0. The van der Waals surface area contributed by atoms with Crippen molar-refractivity contribution >= 4 is 23.6 Å². The molecular weight excluding hydrogens is 274 g/mol. The Labute approximate surface area is 124 Å². The van der Waals surface area contributed by atoms with Gasteiger partial charge in [-0.25, -0.2) is 0 Å². The molecule has 2 rings (SSSR count). The van der Waals surface area contributed by atoms with Gasteiger partial charge < -0.3 is 10.0 Å². The molecule has 1 saturated heterocycles. The first-order chi connectivity index (χ1) is 9.61. The second-order valence-electron chi connectivity index (χ2n) is 5.29. The van der Waals surface area contributed by atoms with Gasteiger partial charge in [-0.2, -0.15) is 0 Å². The fourth-order valence-electron chi connectivity index (χ4n) is 2.54. The van der Waals surface area contributed by atoms with Crippen molar-refractivity contribution in [2.24, 2.45) is 5.92 Å². The highest BCUT2D eigenvalue weighted by Crippen LogP contribution is 2.21. The number of rotatable bonds is 3. The highest BCUT2D eigenvalue weighted by Gasteiger charge is 2.23. The number of halogens is 1. The molecule has 1 unspecified atom stereocenters. The van der Waals surface area contributed by atoms with Gasteiger partial charge in [0.1, 0.15) is 0 Å². The molecular formula is C16H20ClNO2. The molecule has 1 N–H and O–H groups in total. The normalized spacial score (nSPS) is 20.1. The van der Waals surface area contributed by atoms with E-state index in [1.807, 2.05) is 42.2 Å². The lowest BCUT2D eigenvalue weighted by molar-refractivity contribution is -0.129. The fourth-order valence-corrected chi connectivity index (χ4v) is 2.73. The van der Waals surface area contributed by atoms with Gasteiger partial charge in [-0.15, -0.1) is 0 Å². The lowest BCUT2D eigenvalue weighted by Gasteiger charge is -2.32. The molecule has 1 aromatic rings. The maximum atomic E-state index is 12.4. The zero-order valence-corrected chi connectivity index (χ0v) is 12.4. The van der Waals surface area contributed by atoms with Crippen molar-refractivity contribution in [2.75, 3.05) is 19.7 Å². The second-order valence-corrected chi connectivity index (χ2v) is 5.70. The van der Waals surface area contributed by atoms with Gasteiger partial charge in [-0.05, 0) is 43.4 Å². The van der Waals surface area contributed by atoms with Crippen molar-refractivity contribution in [3.8, 4) is 0 Å². The van der Waals surface area contributed by atoms with Crippen molar-refractivity contribution < 1.29 is 9.90 Å². The van der Waals surface area contributed by atoms with E-state index in [-0.39, 0.29) is 18.4 Å². The van der Waals surface area contributed by atoms with Crippen LogP contribution in [-0.2, 0) is 4.79 Å². The Morgan fingerprint density at radius 2 is 2.25 bits per heavy atom. The summed E-state index contributed by atoms with van der Waals surface area (Å²) in [5.74, 6) is 0.240. The number of benzene rings is 1. The molecule has 0 saturated carbocycles. The summed E-state index contributed by atoms with van der Waals surface area (Å²) in [4.78, 5) is 14.2. The molecule has 0 radical (unpaired) electrons. The van der Waals surface area contributed by atoms with Crippen LogP contribution in [-0.4, -0.2) is 35.6 Å². The van der Waals surface area contributed by atoms with E-state index in [1.165, 1.54) is 0 Å². The number of piperidine rings is 1. The Hall–Kier alpha value is -1.32. The van der Waals surface area contributed by atoms with Crippen LogP contribution in [0.3, 0.4) is 0 Å². The number of hydrogen-bond donors (Lipinski definition) is 1. The van der Waals surface area contributed by atoms with Crippen LogP contribution in [0.25, 0.3) is 6.08 Å². The van der Waals surface area contributed by atoms with E-state index in [1.54, 1.807) is 0 Å². The van der Waals surface area contributed by atoms with E-state index in [4.69, 9.17) is 11.6 Å². The van der Waals surface area contributed by atoms with Gasteiger partial charge in [0.05, 0.1) is 0 Å². The maximum absolute atomic E-state index is 12.4. The van der Waals surface area contributed by atoms with E-state index in [0.717, 1.165) is 24.9 Å². The first kappa shape index (κ1) is 15.1. The third kappa shape index (κ3) is 3.62. The fraction of sp³-hybridized carbons (Fsp3) is 0.438. The predicted octanol–water partition coefficient (Wildman–Crippen LogP) is 2.97. The highest BCUT2D eigenvalue weighted by atomic mass is 35.5. The third-order valence-corrected chi connectivity index (χ3v) is 4.02. The van der Waals surface area contributed by atoms with Gasteiger partial charge in [0, 0.05) is 30.3 Å². The first-order valence-electron chi connectivity index (χ1n) is 6.94. The Bertz CT molecular complexity index is 513. The van der Waals surface area contributed by atoms with Crippen molar-refractivity contribution in [1.29, 1.82) is 0 Å². The highest BCUT2D eigenvalue weighted by molar-refractivity contribution is 6.32. The average Bonchev–Trinajstić information content (AvgIpc) is 2.48. The predicted molar refractivity (Wildman–Crippen MR) is 81.5 cm³/mol. The first-order valence-corrected chi connectivity index (χ1v) is 7.32. The van der Waals surface area contributed by atoms with Crippen LogP contribution < -0.4 is 0 Å². The summed E-state index contributed by atoms with van der Waals surface area (Å²) >= 11 is 6.10.